The molecular weight excluding hydrogens is 306 g/mol. The molecule has 1 amide bonds. The molecular formula is C19H25NO4. The van der Waals surface area contributed by atoms with Crippen LogP contribution in [0, 0.1) is 5.41 Å². The lowest BCUT2D eigenvalue weighted by Crippen LogP contribution is -2.52. The number of ether oxygens (including phenoxy) is 1. The van der Waals surface area contributed by atoms with E-state index in [4.69, 9.17) is 4.74 Å². The summed E-state index contributed by atoms with van der Waals surface area (Å²) >= 11 is 0. The van der Waals surface area contributed by atoms with E-state index < -0.39 is 11.4 Å². The zero-order valence-corrected chi connectivity index (χ0v) is 14.1. The van der Waals surface area contributed by atoms with Gasteiger partial charge in [-0.3, -0.25) is 9.59 Å². The van der Waals surface area contributed by atoms with Gasteiger partial charge in [-0.15, -0.1) is 6.58 Å². The third kappa shape index (κ3) is 4.03. The van der Waals surface area contributed by atoms with E-state index in [2.05, 4.69) is 6.58 Å². The minimum Gasteiger partial charge on any atom is -0.481 e. The van der Waals surface area contributed by atoms with Crippen LogP contribution >= 0.6 is 0 Å². The van der Waals surface area contributed by atoms with Crippen molar-refractivity contribution in [3.63, 3.8) is 0 Å². The van der Waals surface area contributed by atoms with Crippen molar-refractivity contribution >= 4 is 11.9 Å². The molecule has 1 aromatic carbocycles. The number of carboxylic acids is 1. The molecule has 0 saturated carbocycles. The molecule has 0 aliphatic carbocycles. The molecule has 2 atom stereocenters. The highest BCUT2D eigenvalue weighted by molar-refractivity contribution is 5.80. The number of carboxylic acid groups (broad SMARTS) is 1. The molecule has 0 spiro atoms. The fourth-order valence-electron chi connectivity index (χ4n) is 3.33. The van der Waals surface area contributed by atoms with Crippen LogP contribution in [-0.2, 0) is 14.3 Å². The summed E-state index contributed by atoms with van der Waals surface area (Å²) in [7, 11) is 1.49. The molecule has 2 rings (SSSR count). The third-order valence-electron chi connectivity index (χ3n) is 4.71. The standard InChI is InChI=1S/C19H25NO4/c1-3-15(16-8-5-4-6-9-16)12-17(21)20-11-7-10-19(13-20,14-24-2)18(22)23/h3-6,8-9,15H,1,7,10-14H2,2H3,(H,22,23). The Labute approximate surface area is 142 Å². The summed E-state index contributed by atoms with van der Waals surface area (Å²) in [6, 6.07) is 9.75. The minimum absolute atomic E-state index is 0.0369. The monoisotopic (exact) mass is 331 g/mol. The van der Waals surface area contributed by atoms with E-state index in [1.54, 1.807) is 11.0 Å². The van der Waals surface area contributed by atoms with Crippen LogP contribution in [0.5, 0.6) is 0 Å². The first-order valence-corrected chi connectivity index (χ1v) is 8.20. The Bertz CT molecular complexity index is 582. The highest BCUT2D eigenvalue weighted by Gasteiger charge is 2.43. The number of amides is 1. The number of methoxy groups -OCH3 is 1. The van der Waals surface area contributed by atoms with E-state index in [1.165, 1.54) is 7.11 Å². The number of allylic oxidation sites excluding steroid dienone is 1. The summed E-state index contributed by atoms with van der Waals surface area (Å²) in [5.74, 6) is -1.00. The fraction of sp³-hybridized carbons (Fsp3) is 0.474. The van der Waals surface area contributed by atoms with E-state index in [0.29, 0.717) is 25.8 Å². The molecule has 24 heavy (non-hydrogen) atoms. The number of benzene rings is 1. The maximum Gasteiger partial charge on any atom is 0.313 e. The fourth-order valence-corrected chi connectivity index (χ4v) is 3.33. The second-order valence-corrected chi connectivity index (χ2v) is 6.39. The van der Waals surface area contributed by atoms with Crippen LogP contribution in [0.3, 0.4) is 0 Å². The Morgan fingerprint density at radius 2 is 2.12 bits per heavy atom. The second-order valence-electron chi connectivity index (χ2n) is 6.39. The van der Waals surface area contributed by atoms with Crippen LogP contribution < -0.4 is 0 Å². The molecule has 1 aliphatic heterocycles. The molecule has 0 bridgehead atoms. The molecule has 1 aromatic rings. The Balaban J connectivity index is 2.08. The maximum atomic E-state index is 12.7. The van der Waals surface area contributed by atoms with Crippen LogP contribution in [0.1, 0.15) is 30.7 Å². The van der Waals surface area contributed by atoms with Gasteiger partial charge in [0.1, 0.15) is 5.41 Å². The first-order valence-electron chi connectivity index (χ1n) is 8.20. The number of carbonyl (C=O) groups is 2. The number of nitrogens with zero attached hydrogens (tertiary/aromatic N) is 1. The highest BCUT2D eigenvalue weighted by atomic mass is 16.5. The molecule has 0 radical (unpaired) electrons. The number of hydrogen-bond acceptors (Lipinski definition) is 3. The van der Waals surface area contributed by atoms with Crippen molar-refractivity contribution in [1.82, 2.24) is 4.90 Å². The first kappa shape index (κ1) is 18.2. The molecule has 1 saturated heterocycles. The van der Waals surface area contributed by atoms with Gasteiger partial charge < -0.3 is 14.7 Å². The lowest BCUT2D eigenvalue weighted by atomic mass is 9.80. The van der Waals surface area contributed by atoms with E-state index >= 15 is 0 Å². The van der Waals surface area contributed by atoms with Gasteiger partial charge in [0.15, 0.2) is 0 Å². The van der Waals surface area contributed by atoms with Gasteiger partial charge in [-0.05, 0) is 18.4 Å². The molecule has 2 unspecified atom stereocenters. The summed E-state index contributed by atoms with van der Waals surface area (Å²) in [4.78, 5) is 26.1. The van der Waals surface area contributed by atoms with Gasteiger partial charge in [-0.25, -0.2) is 0 Å². The third-order valence-corrected chi connectivity index (χ3v) is 4.71. The van der Waals surface area contributed by atoms with Crippen molar-refractivity contribution in [3.05, 3.63) is 48.6 Å². The van der Waals surface area contributed by atoms with Gasteiger partial charge in [0.25, 0.3) is 0 Å². The molecule has 1 fully saturated rings. The quantitative estimate of drug-likeness (QED) is 0.780. The van der Waals surface area contributed by atoms with Gasteiger partial charge in [-0.1, -0.05) is 36.4 Å². The smallest absolute Gasteiger partial charge is 0.313 e. The van der Waals surface area contributed by atoms with Crippen LogP contribution in [0.25, 0.3) is 0 Å². The summed E-state index contributed by atoms with van der Waals surface area (Å²) < 4.78 is 5.11. The Kier molecular flexibility index (Phi) is 6.15. The lowest BCUT2D eigenvalue weighted by molar-refractivity contribution is -0.159. The molecule has 1 N–H and O–H groups in total. The van der Waals surface area contributed by atoms with Crippen molar-refractivity contribution in [2.45, 2.75) is 25.2 Å². The molecule has 0 aromatic heterocycles. The predicted octanol–water partition coefficient (Wildman–Crippen LogP) is 2.69. The Morgan fingerprint density at radius 3 is 2.71 bits per heavy atom. The number of aliphatic carboxylic acids is 1. The van der Waals surface area contributed by atoms with Gasteiger partial charge in [0.2, 0.25) is 5.91 Å². The largest absolute Gasteiger partial charge is 0.481 e. The van der Waals surface area contributed by atoms with Gasteiger partial charge in [0.05, 0.1) is 6.61 Å². The number of carbonyl (C=O) groups excluding carboxylic acids is 1. The number of hydrogen-bond donors (Lipinski definition) is 1. The van der Waals surface area contributed by atoms with Crippen LogP contribution in [0.2, 0.25) is 0 Å². The van der Waals surface area contributed by atoms with Gasteiger partial charge in [0, 0.05) is 32.5 Å². The molecule has 130 valence electrons. The normalized spacial score (nSPS) is 22.0. The average molecular weight is 331 g/mol. The van der Waals surface area contributed by atoms with Crippen molar-refractivity contribution in [2.75, 3.05) is 26.8 Å². The molecule has 1 aliphatic rings. The SMILES string of the molecule is C=CC(CC(=O)N1CCCC(COC)(C(=O)O)C1)c1ccccc1. The Hall–Kier alpha value is -2.14. The van der Waals surface area contributed by atoms with Gasteiger partial charge >= 0.3 is 5.97 Å². The summed E-state index contributed by atoms with van der Waals surface area (Å²) in [5.41, 5.74) is 0.0401. The first-order chi connectivity index (χ1) is 11.5. The van der Waals surface area contributed by atoms with Crippen molar-refractivity contribution in [1.29, 1.82) is 0 Å². The lowest BCUT2D eigenvalue weighted by Gasteiger charge is -2.39. The number of likely N-dealkylation sites (tertiary alicyclic amines) is 1. The second kappa shape index (κ2) is 8.11. The van der Waals surface area contributed by atoms with E-state index in [9.17, 15) is 14.7 Å². The number of piperidine rings is 1. The van der Waals surface area contributed by atoms with Crippen LogP contribution in [0.15, 0.2) is 43.0 Å². The van der Waals surface area contributed by atoms with E-state index in [-0.39, 0.29) is 25.0 Å². The predicted molar refractivity (Wildman–Crippen MR) is 91.8 cm³/mol. The maximum absolute atomic E-state index is 12.7. The molecule has 5 nitrogen and oxygen atoms in total. The zero-order valence-electron chi connectivity index (χ0n) is 14.1. The summed E-state index contributed by atoms with van der Waals surface area (Å²) in [6.07, 6.45) is 3.28. The van der Waals surface area contributed by atoms with E-state index in [0.717, 1.165) is 5.56 Å². The minimum atomic E-state index is -1.00. The van der Waals surface area contributed by atoms with E-state index in [1.807, 2.05) is 30.3 Å². The van der Waals surface area contributed by atoms with Crippen LogP contribution in [0.4, 0.5) is 0 Å². The van der Waals surface area contributed by atoms with Crippen molar-refractivity contribution in [2.24, 2.45) is 5.41 Å². The molecule has 1 heterocycles. The number of rotatable bonds is 7. The van der Waals surface area contributed by atoms with Crippen molar-refractivity contribution < 1.29 is 19.4 Å². The summed E-state index contributed by atoms with van der Waals surface area (Å²) in [5, 5.41) is 9.59. The van der Waals surface area contributed by atoms with Crippen LogP contribution in [-0.4, -0.2) is 48.7 Å². The topological polar surface area (TPSA) is 66.8 Å². The highest BCUT2D eigenvalue weighted by Crippen LogP contribution is 2.32. The average Bonchev–Trinajstić information content (AvgIpc) is 2.60. The molecule has 5 heteroatoms. The van der Waals surface area contributed by atoms with Gasteiger partial charge in [-0.2, -0.15) is 0 Å². The zero-order chi connectivity index (χ0) is 17.6. The van der Waals surface area contributed by atoms with Crippen molar-refractivity contribution in [3.8, 4) is 0 Å². The Morgan fingerprint density at radius 1 is 1.42 bits per heavy atom. The summed E-state index contributed by atoms with van der Waals surface area (Å²) in [6.45, 7) is 4.75.